The van der Waals surface area contributed by atoms with E-state index >= 15 is 0 Å². The topological polar surface area (TPSA) is 111 Å². The van der Waals surface area contributed by atoms with Crippen molar-refractivity contribution in [1.82, 2.24) is 24.9 Å². The molecule has 0 bridgehead atoms. The lowest BCUT2D eigenvalue weighted by Crippen LogP contribution is -2.36. The first-order valence-electron chi connectivity index (χ1n) is 12.1. The highest BCUT2D eigenvalue weighted by molar-refractivity contribution is 5.85. The summed E-state index contributed by atoms with van der Waals surface area (Å²) in [4.78, 5) is 26.4. The molecule has 0 atom stereocenters. The second-order valence-corrected chi connectivity index (χ2v) is 9.04. The molecule has 1 aliphatic heterocycles. The maximum absolute atomic E-state index is 6.53. The van der Waals surface area contributed by atoms with Gasteiger partial charge in [-0.3, -0.25) is 4.98 Å². The Balaban J connectivity index is 1.26. The van der Waals surface area contributed by atoms with Crippen LogP contribution in [0.2, 0.25) is 0 Å². The van der Waals surface area contributed by atoms with E-state index in [0.29, 0.717) is 17.9 Å². The fraction of sp³-hybridized carbons (Fsp3) is 0.542. The van der Waals surface area contributed by atoms with E-state index in [-0.39, 0.29) is 12.1 Å². The summed E-state index contributed by atoms with van der Waals surface area (Å²) in [5, 5.41) is 3.45. The van der Waals surface area contributed by atoms with Gasteiger partial charge in [-0.25, -0.2) is 4.98 Å². The Morgan fingerprint density at radius 3 is 2.51 bits per heavy atom. The Labute approximate surface area is 204 Å². The molecule has 5 rings (SSSR count). The average molecular weight is 481 g/mol. The molecule has 3 aromatic rings. The number of aromatic nitrogens is 5. The van der Waals surface area contributed by atoms with Crippen LogP contribution < -0.4 is 24.6 Å². The van der Waals surface area contributed by atoms with Crippen molar-refractivity contribution in [2.75, 3.05) is 62.6 Å². The lowest BCUT2D eigenvalue weighted by Gasteiger charge is -2.31. The van der Waals surface area contributed by atoms with Crippen molar-refractivity contribution in [3.05, 3.63) is 24.5 Å². The Morgan fingerprint density at radius 2 is 1.77 bits per heavy atom. The highest BCUT2D eigenvalue weighted by Crippen LogP contribution is 2.33. The molecule has 1 aliphatic carbocycles. The second kappa shape index (κ2) is 10.4. The van der Waals surface area contributed by atoms with E-state index in [1.54, 1.807) is 19.5 Å². The first-order chi connectivity index (χ1) is 17.1. The lowest BCUT2D eigenvalue weighted by molar-refractivity contribution is 0.122. The summed E-state index contributed by atoms with van der Waals surface area (Å²) in [6.45, 7) is 3.18. The fourth-order valence-corrected chi connectivity index (χ4v) is 4.51. The molecule has 11 nitrogen and oxygen atoms in total. The summed E-state index contributed by atoms with van der Waals surface area (Å²) in [5.74, 6) is 1.89. The number of morpholine rings is 1. The largest absolute Gasteiger partial charge is 0.488 e. The third kappa shape index (κ3) is 5.45. The van der Waals surface area contributed by atoms with Crippen LogP contribution in [0, 0.1) is 0 Å². The number of fused-ring (bicyclic) bond motifs is 1. The number of ether oxygens (including phenoxy) is 3. The summed E-state index contributed by atoms with van der Waals surface area (Å²) in [5.41, 5.74) is 2.76. The fourth-order valence-electron chi connectivity index (χ4n) is 4.51. The molecule has 186 valence electrons. The molecule has 2 aliphatic rings. The summed E-state index contributed by atoms with van der Waals surface area (Å²) < 4.78 is 17.3. The van der Waals surface area contributed by atoms with Gasteiger partial charge in [0.1, 0.15) is 11.3 Å². The van der Waals surface area contributed by atoms with Crippen LogP contribution in [0.4, 0.5) is 17.6 Å². The van der Waals surface area contributed by atoms with Crippen LogP contribution in [0.3, 0.4) is 0 Å². The molecule has 3 heterocycles. The van der Waals surface area contributed by atoms with E-state index in [2.05, 4.69) is 47.3 Å². The van der Waals surface area contributed by atoms with Gasteiger partial charge in [0.15, 0.2) is 0 Å². The Morgan fingerprint density at radius 1 is 1.00 bits per heavy atom. The van der Waals surface area contributed by atoms with Gasteiger partial charge in [-0.1, -0.05) is 0 Å². The van der Waals surface area contributed by atoms with Crippen molar-refractivity contribution in [3.63, 3.8) is 0 Å². The molecule has 0 amide bonds. The Bertz CT molecular complexity index is 1150. The van der Waals surface area contributed by atoms with Crippen molar-refractivity contribution in [2.24, 2.45) is 0 Å². The van der Waals surface area contributed by atoms with Gasteiger partial charge in [-0.05, 0) is 31.7 Å². The lowest BCUT2D eigenvalue weighted by atomic mass is 9.93. The first kappa shape index (κ1) is 23.3. The summed E-state index contributed by atoms with van der Waals surface area (Å²) in [6, 6.07) is 4.75. The maximum Gasteiger partial charge on any atom is 0.322 e. The molecule has 2 fully saturated rings. The minimum Gasteiger partial charge on any atom is -0.488 e. The zero-order chi connectivity index (χ0) is 24.2. The predicted molar refractivity (Wildman–Crippen MR) is 134 cm³/mol. The van der Waals surface area contributed by atoms with Crippen LogP contribution in [0.5, 0.6) is 11.8 Å². The Kier molecular flexibility index (Phi) is 6.94. The molecule has 2 aromatic heterocycles. The molecule has 1 aromatic carbocycles. The normalized spacial score (nSPS) is 20.5. The second-order valence-electron chi connectivity index (χ2n) is 9.04. The number of anilines is 3. The van der Waals surface area contributed by atoms with Crippen molar-refractivity contribution < 1.29 is 14.2 Å². The van der Waals surface area contributed by atoms with E-state index in [9.17, 15) is 0 Å². The molecular formula is C24H32N8O3. The smallest absolute Gasteiger partial charge is 0.322 e. The van der Waals surface area contributed by atoms with Crippen molar-refractivity contribution in [3.8, 4) is 11.8 Å². The zero-order valence-electron chi connectivity index (χ0n) is 20.5. The Hall–Kier alpha value is -3.47. The SMILES string of the molecule is COc1nc(NC2CCC(Oc3cc(N4CCOCC4)cc4nccnc34)CC2)nc(N(C)C)n1. The van der Waals surface area contributed by atoms with Gasteiger partial charge < -0.3 is 29.3 Å². The minimum atomic E-state index is 0.114. The number of nitrogens with one attached hydrogen (secondary N) is 1. The van der Waals surface area contributed by atoms with Gasteiger partial charge in [0.2, 0.25) is 11.9 Å². The monoisotopic (exact) mass is 480 g/mol. The maximum atomic E-state index is 6.53. The number of nitrogens with zero attached hydrogens (tertiary/aromatic N) is 7. The highest BCUT2D eigenvalue weighted by Gasteiger charge is 2.25. The predicted octanol–water partition coefficient (Wildman–Crippen LogP) is 2.53. The van der Waals surface area contributed by atoms with Crippen molar-refractivity contribution >= 4 is 28.6 Å². The van der Waals surface area contributed by atoms with E-state index in [0.717, 1.165) is 74.5 Å². The van der Waals surface area contributed by atoms with Crippen LogP contribution in [-0.2, 0) is 4.74 Å². The van der Waals surface area contributed by atoms with E-state index in [1.165, 1.54) is 0 Å². The number of methoxy groups -OCH3 is 1. The van der Waals surface area contributed by atoms with Crippen LogP contribution in [0.1, 0.15) is 25.7 Å². The van der Waals surface area contributed by atoms with E-state index in [4.69, 9.17) is 14.2 Å². The molecule has 35 heavy (non-hydrogen) atoms. The molecule has 1 N–H and O–H groups in total. The number of benzene rings is 1. The number of hydrogen-bond acceptors (Lipinski definition) is 11. The molecule has 0 spiro atoms. The molecule has 0 unspecified atom stereocenters. The summed E-state index contributed by atoms with van der Waals surface area (Å²) in [7, 11) is 5.34. The van der Waals surface area contributed by atoms with Crippen molar-refractivity contribution in [2.45, 2.75) is 37.8 Å². The van der Waals surface area contributed by atoms with Crippen molar-refractivity contribution in [1.29, 1.82) is 0 Å². The van der Waals surface area contributed by atoms with Gasteiger partial charge in [0.25, 0.3) is 0 Å². The third-order valence-electron chi connectivity index (χ3n) is 6.39. The minimum absolute atomic E-state index is 0.114. The third-order valence-corrected chi connectivity index (χ3v) is 6.39. The average Bonchev–Trinajstić information content (AvgIpc) is 2.90. The van der Waals surface area contributed by atoms with E-state index in [1.807, 2.05) is 19.0 Å². The van der Waals surface area contributed by atoms with Gasteiger partial charge in [-0.2, -0.15) is 15.0 Å². The van der Waals surface area contributed by atoms with Gasteiger partial charge in [0.05, 0.1) is 31.9 Å². The molecule has 1 saturated carbocycles. The van der Waals surface area contributed by atoms with Crippen LogP contribution in [0.25, 0.3) is 11.0 Å². The van der Waals surface area contributed by atoms with Gasteiger partial charge in [-0.15, -0.1) is 0 Å². The molecular weight excluding hydrogens is 448 g/mol. The molecule has 11 heteroatoms. The number of rotatable bonds is 7. The van der Waals surface area contributed by atoms with Crippen LogP contribution in [0.15, 0.2) is 24.5 Å². The molecule has 1 saturated heterocycles. The van der Waals surface area contributed by atoms with Crippen LogP contribution >= 0.6 is 0 Å². The highest BCUT2D eigenvalue weighted by atomic mass is 16.5. The van der Waals surface area contributed by atoms with Gasteiger partial charge >= 0.3 is 6.01 Å². The summed E-state index contributed by atoms with van der Waals surface area (Å²) >= 11 is 0. The zero-order valence-corrected chi connectivity index (χ0v) is 20.5. The standard InChI is InChI=1S/C24H32N8O3/c1-31(2)23-28-22(29-24(30-23)33-3)27-16-4-6-18(7-5-16)35-20-15-17(32-10-12-34-13-11-32)14-19-21(20)26-9-8-25-19/h8-9,14-16,18H,4-7,10-13H2,1-3H3,(H,27,28,29,30). The van der Waals surface area contributed by atoms with Gasteiger partial charge in [0, 0.05) is 57.4 Å². The first-order valence-corrected chi connectivity index (χ1v) is 12.1. The molecule has 0 radical (unpaired) electrons. The van der Waals surface area contributed by atoms with Crippen LogP contribution in [-0.4, -0.2) is 84.6 Å². The summed E-state index contributed by atoms with van der Waals surface area (Å²) in [6.07, 6.45) is 7.29. The van der Waals surface area contributed by atoms with E-state index < -0.39 is 0 Å². The quantitative estimate of drug-likeness (QED) is 0.538. The number of hydrogen-bond donors (Lipinski definition) is 1.